The van der Waals surface area contributed by atoms with Crippen LogP contribution in [0.2, 0.25) is 0 Å². The molecule has 2 aliphatic rings. The van der Waals surface area contributed by atoms with Gasteiger partial charge in [-0.3, -0.25) is 10.2 Å². The van der Waals surface area contributed by atoms with E-state index in [-0.39, 0.29) is 6.04 Å². The van der Waals surface area contributed by atoms with Gasteiger partial charge in [0.1, 0.15) is 11.2 Å². The van der Waals surface area contributed by atoms with Crippen LogP contribution in [0.5, 0.6) is 0 Å². The van der Waals surface area contributed by atoms with Crippen LogP contribution in [0.1, 0.15) is 60.5 Å². The van der Waals surface area contributed by atoms with Crippen LogP contribution < -0.4 is 20.9 Å². The van der Waals surface area contributed by atoms with Crippen molar-refractivity contribution in [3.8, 4) is 0 Å². The van der Waals surface area contributed by atoms with Gasteiger partial charge in [-0.2, -0.15) is 0 Å². The number of hydrogen-bond acceptors (Lipinski definition) is 7. The van der Waals surface area contributed by atoms with Crippen LogP contribution in [-0.4, -0.2) is 48.2 Å². The summed E-state index contributed by atoms with van der Waals surface area (Å²) in [5.41, 5.74) is 11.1. The van der Waals surface area contributed by atoms with Gasteiger partial charge in [-0.25, -0.2) is 14.6 Å². The lowest BCUT2D eigenvalue weighted by molar-refractivity contribution is 0.0543. The number of anilines is 3. The molecule has 4 rings (SSSR count). The zero-order chi connectivity index (χ0) is 30.8. The fraction of sp³-hybridized carbons (Fsp3) is 0.424. The first-order chi connectivity index (χ1) is 19.7. The molecule has 0 bridgehead atoms. The fourth-order valence-electron chi connectivity index (χ4n) is 4.92. The molecule has 42 heavy (non-hydrogen) atoms. The number of rotatable bonds is 6. The molecule has 0 spiro atoms. The molecule has 0 aromatic heterocycles. The van der Waals surface area contributed by atoms with Gasteiger partial charge in [-0.1, -0.05) is 18.2 Å². The van der Waals surface area contributed by atoms with Crippen LogP contribution in [0.25, 0.3) is 0 Å². The van der Waals surface area contributed by atoms with Crippen LogP contribution >= 0.6 is 0 Å². The maximum atomic E-state index is 13.4. The number of aliphatic imine (C=N–C) groups is 1. The highest BCUT2D eigenvalue weighted by Gasteiger charge is 2.34. The van der Waals surface area contributed by atoms with Crippen molar-refractivity contribution in [1.82, 2.24) is 5.32 Å². The lowest BCUT2D eigenvalue weighted by Crippen LogP contribution is -2.42. The summed E-state index contributed by atoms with van der Waals surface area (Å²) in [6, 6.07) is 13.7. The quantitative estimate of drug-likeness (QED) is 0.383. The second kappa shape index (κ2) is 12.0. The zero-order valence-corrected chi connectivity index (χ0v) is 25.9. The Kier molecular flexibility index (Phi) is 8.82. The molecule has 1 aliphatic heterocycles. The number of aryl methyl sites for hydroxylation is 1. The first kappa shape index (κ1) is 30.8. The zero-order valence-electron chi connectivity index (χ0n) is 25.9. The van der Waals surface area contributed by atoms with Crippen molar-refractivity contribution in [2.45, 2.75) is 79.1 Å². The number of allylic oxidation sites excluding steroid dienone is 1. The van der Waals surface area contributed by atoms with E-state index < -0.39 is 23.4 Å². The van der Waals surface area contributed by atoms with Crippen LogP contribution in [0.3, 0.4) is 0 Å². The molecular formula is C33H43N5O4. The van der Waals surface area contributed by atoms with E-state index in [9.17, 15) is 9.59 Å². The molecule has 1 atom stereocenters. The second-order valence-corrected chi connectivity index (χ2v) is 12.6. The molecule has 224 valence electrons. The van der Waals surface area contributed by atoms with Crippen molar-refractivity contribution in [2.24, 2.45) is 10.7 Å². The highest BCUT2D eigenvalue weighted by molar-refractivity contribution is 6.11. The molecule has 1 unspecified atom stereocenters. The van der Waals surface area contributed by atoms with E-state index >= 15 is 0 Å². The Morgan fingerprint density at radius 3 is 2.31 bits per heavy atom. The molecular weight excluding hydrogens is 530 g/mol. The summed E-state index contributed by atoms with van der Waals surface area (Å²) in [6.07, 6.45) is 3.66. The number of carbonyl (C=O) groups excluding carboxylic acids is 2. The maximum Gasteiger partial charge on any atom is 0.414 e. The van der Waals surface area contributed by atoms with E-state index in [2.05, 4.69) is 10.2 Å². The number of nitrogens with zero attached hydrogens (tertiary/aromatic N) is 3. The van der Waals surface area contributed by atoms with E-state index in [0.717, 1.165) is 39.6 Å². The normalized spacial score (nSPS) is 16.4. The largest absolute Gasteiger partial charge is 0.444 e. The maximum absolute atomic E-state index is 13.4. The summed E-state index contributed by atoms with van der Waals surface area (Å²) >= 11 is 0. The summed E-state index contributed by atoms with van der Waals surface area (Å²) in [7, 11) is 0. The number of benzene rings is 2. The Hall–Kier alpha value is -4.11. The monoisotopic (exact) mass is 573 g/mol. The Balaban J connectivity index is 1.83. The van der Waals surface area contributed by atoms with Gasteiger partial charge in [-0.15, -0.1) is 0 Å². The number of amides is 2. The summed E-state index contributed by atoms with van der Waals surface area (Å²) in [4.78, 5) is 35.0. The summed E-state index contributed by atoms with van der Waals surface area (Å²) in [5, 5.41) is 2.92. The Morgan fingerprint density at radius 1 is 1.02 bits per heavy atom. The molecule has 3 N–H and O–H groups in total. The molecule has 0 saturated carbocycles. The number of ether oxygens (including phenoxy) is 2. The molecule has 1 heterocycles. The van der Waals surface area contributed by atoms with Gasteiger partial charge in [0, 0.05) is 17.9 Å². The van der Waals surface area contributed by atoms with E-state index in [0.29, 0.717) is 25.2 Å². The third kappa shape index (κ3) is 7.20. The van der Waals surface area contributed by atoms with Crippen molar-refractivity contribution < 1.29 is 19.1 Å². The second-order valence-electron chi connectivity index (χ2n) is 12.6. The number of carbonyl (C=O) groups is 2. The Labute approximate surface area is 249 Å². The van der Waals surface area contributed by atoms with E-state index in [1.165, 1.54) is 0 Å². The average Bonchev–Trinajstić information content (AvgIpc) is 2.87. The summed E-state index contributed by atoms with van der Waals surface area (Å²) in [5.74, 6) is 0. The molecule has 9 nitrogen and oxygen atoms in total. The predicted octanol–water partition coefficient (Wildman–Crippen LogP) is 7.05. The predicted molar refractivity (Wildman–Crippen MR) is 169 cm³/mol. The molecule has 2 aromatic carbocycles. The van der Waals surface area contributed by atoms with Gasteiger partial charge in [0.05, 0.1) is 28.8 Å². The molecule has 9 heteroatoms. The Bertz CT molecular complexity index is 1430. The first-order valence-electron chi connectivity index (χ1n) is 14.4. The topological polar surface area (TPSA) is 109 Å². The van der Waals surface area contributed by atoms with E-state index in [1.807, 2.05) is 110 Å². The standard InChI is InChI=1S/C33H43N5O4/c1-21-17-25-28(19-24(21)36-30(39)41-32(3,4)5)38(23-13-10-9-11-14-23)29-20-27(22(2)18-26(29)35-25)37(16-12-15-34)31(40)42-33(6,7)8/h9-11,13-14,17-20,28H,12,15-16,34H2,1-8H3,(H,36,39). The van der Waals surface area contributed by atoms with Crippen LogP contribution in [-0.2, 0) is 9.47 Å². The van der Waals surface area contributed by atoms with E-state index in [1.54, 1.807) is 4.90 Å². The molecule has 0 radical (unpaired) electrons. The lowest BCUT2D eigenvalue weighted by Gasteiger charge is -2.39. The first-order valence-corrected chi connectivity index (χ1v) is 14.4. The number of nitrogens with one attached hydrogen (secondary N) is 1. The summed E-state index contributed by atoms with van der Waals surface area (Å²) < 4.78 is 11.3. The minimum atomic E-state index is -0.649. The smallest absolute Gasteiger partial charge is 0.414 e. The van der Waals surface area contributed by atoms with Gasteiger partial charge in [-0.05, 0) is 116 Å². The third-order valence-corrected chi connectivity index (χ3v) is 6.66. The highest BCUT2D eigenvalue weighted by Crippen LogP contribution is 2.45. The molecule has 0 saturated heterocycles. The SMILES string of the molecule is CC1=CC2=Nc3cc(C)c(N(CCCN)C(=O)OC(C)(C)C)cc3N(c3ccccc3)C2C=C1NC(=O)OC(C)(C)C. The number of para-hydroxylation sites is 1. The molecule has 2 aromatic rings. The van der Waals surface area contributed by atoms with Crippen LogP contribution in [0, 0.1) is 6.92 Å². The van der Waals surface area contributed by atoms with Gasteiger partial charge >= 0.3 is 12.2 Å². The van der Waals surface area contributed by atoms with Gasteiger partial charge < -0.3 is 20.1 Å². The van der Waals surface area contributed by atoms with Gasteiger partial charge in [0.25, 0.3) is 0 Å². The number of nitrogens with two attached hydrogens (primary N) is 1. The molecule has 1 aliphatic carbocycles. The number of alkyl carbamates (subject to hydrolysis) is 1. The Morgan fingerprint density at radius 2 is 1.69 bits per heavy atom. The van der Waals surface area contributed by atoms with Gasteiger partial charge in [0.2, 0.25) is 0 Å². The lowest BCUT2D eigenvalue weighted by atomic mass is 9.93. The number of fused-ring (bicyclic) bond motifs is 2. The molecule has 0 fully saturated rings. The average molecular weight is 574 g/mol. The van der Waals surface area contributed by atoms with Crippen molar-refractivity contribution >= 4 is 40.6 Å². The van der Waals surface area contributed by atoms with E-state index in [4.69, 9.17) is 20.2 Å². The van der Waals surface area contributed by atoms with Crippen molar-refractivity contribution in [1.29, 1.82) is 0 Å². The van der Waals surface area contributed by atoms with Crippen LogP contribution in [0.4, 0.5) is 32.3 Å². The highest BCUT2D eigenvalue weighted by atomic mass is 16.6. The third-order valence-electron chi connectivity index (χ3n) is 6.66. The van der Waals surface area contributed by atoms with Crippen LogP contribution in [0.15, 0.2) is 70.9 Å². The molecule has 2 amide bonds. The van der Waals surface area contributed by atoms with Crippen molar-refractivity contribution in [2.75, 3.05) is 22.9 Å². The fourth-order valence-corrected chi connectivity index (χ4v) is 4.92. The minimum Gasteiger partial charge on any atom is -0.444 e. The van der Waals surface area contributed by atoms with Crippen molar-refractivity contribution in [3.05, 3.63) is 71.5 Å². The van der Waals surface area contributed by atoms with Crippen molar-refractivity contribution in [3.63, 3.8) is 0 Å². The minimum absolute atomic E-state index is 0.317. The number of hydrogen-bond donors (Lipinski definition) is 2. The van der Waals surface area contributed by atoms with Gasteiger partial charge in [0.15, 0.2) is 0 Å². The summed E-state index contributed by atoms with van der Waals surface area (Å²) in [6.45, 7) is 15.8.